The van der Waals surface area contributed by atoms with Gasteiger partial charge in [-0.05, 0) is 80.3 Å². The van der Waals surface area contributed by atoms with Gasteiger partial charge in [0.2, 0.25) is 0 Å². The fourth-order valence-electron chi connectivity index (χ4n) is 6.93. The van der Waals surface area contributed by atoms with E-state index in [1.165, 1.54) is 43.2 Å². The highest BCUT2D eigenvalue weighted by Crippen LogP contribution is 2.46. The van der Waals surface area contributed by atoms with E-state index in [-0.39, 0.29) is 11.9 Å². The average molecular weight is 446 g/mol. The fourth-order valence-corrected chi connectivity index (χ4v) is 6.93. The van der Waals surface area contributed by atoms with E-state index < -0.39 is 0 Å². The monoisotopic (exact) mass is 445 g/mol. The molecule has 6 saturated heterocycles. The van der Waals surface area contributed by atoms with Crippen LogP contribution in [-0.4, -0.2) is 60.1 Å². The molecule has 6 heterocycles. The molecule has 6 aliphatic rings. The Bertz CT molecular complexity index is 982. The van der Waals surface area contributed by atoms with E-state index in [4.69, 9.17) is 4.74 Å². The van der Waals surface area contributed by atoms with E-state index in [1.54, 1.807) is 7.11 Å². The zero-order valence-electron chi connectivity index (χ0n) is 19.6. The Morgan fingerprint density at radius 2 is 1.61 bits per heavy atom. The number of fused-ring (bicyclic) bond motifs is 2. The molecule has 174 valence electrons. The number of piperidine rings is 5. The number of rotatable bonds is 5. The van der Waals surface area contributed by atoms with Gasteiger partial charge in [0.1, 0.15) is 5.75 Å². The molecule has 5 atom stereocenters. The quantitative estimate of drug-likeness (QED) is 0.742. The SMILES string of the molecule is COc1cccc(C(c2ccc(C(=O)N3CCCCC3)cc2)N2C3CCC4NC3CC[C@@H]42)c1. The second-order valence-corrected chi connectivity index (χ2v) is 10.3. The summed E-state index contributed by atoms with van der Waals surface area (Å²) in [6, 6.07) is 19.6. The standard InChI is InChI=1S/C28H35N3O2/c1-33-22-7-5-6-21(18-22)27(31-25-14-12-23-26(31)15-13-24(25)29-23)19-8-10-20(11-9-19)28(32)30-16-3-2-4-17-30/h5-11,18,23-27,29H,2-4,12-17H2,1H3/t23?,24?,25-,26?,27?/m0/s1. The van der Waals surface area contributed by atoms with Crippen LogP contribution >= 0.6 is 0 Å². The lowest BCUT2D eigenvalue weighted by Crippen LogP contribution is -2.74. The highest BCUT2D eigenvalue weighted by molar-refractivity contribution is 5.94. The molecule has 0 saturated carbocycles. The summed E-state index contributed by atoms with van der Waals surface area (Å²) in [6.07, 6.45) is 8.59. The van der Waals surface area contributed by atoms with Crippen LogP contribution in [0, 0.1) is 0 Å². The van der Waals surface area contributed by atoms with Crippen LogP contribution in [0.3, 0.4) is 0 Å². The van der Waals surface area contributed by atoms with E-state index in [0.717, 1.165) is 37.2 Å². The molecule has 2 aromatic rings. The van der Waals surface area contributed by atoms with Crippen LogP contribution in [0.15, 0.2) is 48.5 Å². The Morgan fingerprint density at radius 3 is 2.27 bits per heavy atom. The average Bonchev–Trinajstić information content (AvgIpc) is 2.89. The van der Waals surface area contributed by atoms with Crippen LogP contribution in [0.1, 0.15) is 72.5 Å². The third-order valence-electron chi connectivity index (χ3n) is 8.49. The van der Waals surface area contributed by atoms with E-state index in [2.05, 4.69) is 52.7 Å². The minimum Gasteiger partial charge on any atom is -0.497 e. The molecule has 8 rings (SSSR count). The molecular weight excluding hydrogens is 410 g/mol. The number of hydrogen-bond donors (Lipinski definition) is 1. The fraction of sp³-hybridized carbons (Fsp3) is 0.536. The lowest BCUT2D eigenvalue weighted by atomic mass is 9.71. The lowest BCUT2D eigenvalue weighted by Gasteiger charge is -2.62. The van der Waals surface area contributed by atoms with E-state index in [1.807, 2.05) is 11.0 Å². The maximum absolute atomic E-state index is 13.0. The van der Waals surface area contributed by atoms with Crippen molar-refractivity contribution in [3.63, 3.8) is 0 Å². The number of likely N-dealkylation sites (tertiary alicyclic amines) is 1. The van der Waals surface area contributed by atoms with Gasteiger partial charge >= 0.3 is 0 Å². The summed E-state index contributed by atoms with van der Waals surface area (Å²) in [5.41, 5.74) is 3.37. The molecule has 0 radical (unpaired) electrons. The molecule has 0 aliphatic carbocycles. The topological polar surface area (TPSA) is 44.8 Å². The molecular formula is C28H35N3O2. The Balaban J connectivity index is 1.35. The number of carbonyl (C=O) groups excluding carboxylic acids is 1. The maximum atomic E-state index is 13.0. The molecule has 1 N–H and O–H groups in total. The van der Waals surface area contributed by atoms with Crippen molar-refractivity contribution < 1.29 is 9.53 Å². The number of methoxy groups -OCH3 is 1. The first-order valence-electron chi connectivity index (χ1n) is 12.8. The molecule has 6 aliphatic heterocycles. The highest BCUT2D eigenvalue weighted by Gasteiger charge is 2.52. The predicted octanol–water partition coefficient (Wildman–Crippen LogP) is 4.38. The smallest absolute Gasteiger partial charge is 0.253 e. The van der Waals surface area contributed by atoms with Crippen molar-refractivity contribution in [1.29, 1.82) is 0 Å². The van der Waals surface area contributed by atoms with Gasteiger partial charge in [-0.2, -0.15) is 0 Å². The summed E-state index contributed by atoms with van der Waals surface area (Å²) in [5.74, 6) is 1.08. The molecule has 5 heteroatoms. The first kappa shape index (κ1) is 21.2. The third-order valence-corrected chi connectivity index (χ3v) is 8.49. The van der Waals surface area contributed by atoms with Crippen molar-refractivity contribution in [2.45, 2.75) is 75.2 Å². The molecule has 2 aromatic carbocycles. The zero-order valence-corrected chi connectivity index (χ0v) is 19.6. The van der Waals surface area contributed by atoms with Crippen molar-refractivity contribution in [3.8, 4) is 5.75 Å². The maximum Gasteiger partial charge on any atom is 0.253 e. The normalized spacial score (nSPS) is 29.8. The van der Waals surface area contributed by atoms with Crippen LogP contribution in [-0.2, 0) is 0 Å². The number of amides is 1. The minimum atomic E-state index is 0.180. The molecule has 0 spiro atoms. The van der Waals surface area contributed by atoms with Crippen LogP contribution in [0.2, 0.25) is 0 Å². The minimum absolute atomic E-state index is 0.180. The van der Waals surface area contributed by atoms with Crippen molar-refractivity contribution in [2.24, 2.45) is 0 Å². The number of ether oxygens (including phenoxy) is 1. The number of benzene rings is 2. The van der Waals surface area contributed by atoms with Gasteiger partial charge in [0.25, 0.3) is 5.91 Å². The van der Waals surface area contributed by atoms with Gasteiger partial charge in [-0.3, -0.25) is 9.69 Å². The molecule has 5 nitrogen and oxygen atoms in total. The van der Waals surface area contributed by atoms with Crippen molar-refractivity contribution in [3.05, 3.63) is 65.2 Å². The third kappa shape index (κ3) is 3.75. The van der Waals surface area contributed by atoms with Gasteiger partial charge in [-0.1, -0.05) is 24.3 Å². The number of nitrogens with zero attached hydrogens (tertiary/aromatic N) is 2. The summed E-state index contributed by atoms with van der Waals surface area (Å²) in [6.45, 7) is 1.78. The molecule has 6 fully saturated rings. The van der Waals surface area contributed by atoms with E-state index >= 15 is 0 Å². The number of hydrogen-bond acceptors (Lipinski definition) is 4. The van der Waals surface area contributed by atoms with Gasteiger partial charge in [0.05, 0.1) is 13.2 Å². The van der Waals surface area contributed by atoms with Crippen LogP contribution in [0.4, 0.5) is 0 Å². The number of piperazine rings is 1. The largest absolute Gasteiger partial charge is 0.497 e. The number of nitrogens with one attached hydrogen (secondary N) is 1. The Labute approximate surface area is 197 Å². The van der Waals surface area contributed by atoms with Gasteiger partial charge in [-0.15, -0.1) is 0 Å². The first-order chi connectivity index (χ1) is 16.2. The molecule has 4 bridgehead atoms. The van der Waals surface area contributed by atoms with Crippen molar-refractivity contribution >= 4 is 5.91 Å². The van der Waals surface area contributed by atoms with E-state index in [0.29, 0.717) is 24.2 Å². The first-order valence-corrected chi connectivity index (χ1v) is 12.8. The lowest BCUT2D eigenvalue weighted by molar-refractivity contribution is -0.0756. The van der Waals surface area contributed by atoms with Gasteiger partial charge in [-0.25, -0.2) is 0 Å². The Morgan fingerprint density at radius 1 is 0.909 bits per heavy atom. The van der Waals surface area contributed by atoms with Crippen molar-refractivity contribution in [2.75, 3.05) is 20.2 Å². The second-order valence-electron chi connectivity index (χ2n) is 10.3. The molecule has 1 amide bonds. The summed E-state index contributed by atoms with van der Waals surface area (Å²) in [4.78, 5) is 17.9. The summed E-state index contributed by atoms with van der Waals surface area (Å²) >= 11 is 0. The van der Waals surface area contributed by atoms with Gasteiger partial charge < -0.3 is 15.0 Å². The van der Waals surface area contributed by atoms with E-state index in [9.17, 15) is 4.79 Å². The highest BCUT2D eigenvalue weighted by atomic mass is 16.5. The Kier molecular flexibility index (Phi) is 5.63. The summed E-state index contributed by atoms with van der Waals surface area (Å²) in [7, 11) is 1.74. The zero-order chi connectivity index (χ0) is 22.4. The molecule has 4 unspecified atom stereocenters. The van der Waals surface area contributed by atoms with Gasteiger partial charge in [0.15, 0.2) is 0 Å². The van der Waals surface area contributed by atoms with Crippen LogP contribution in [0.5, 0.6) is 5.75 Å². The molecule has 33 heavy (non-hydrogen) atoms. The van der Waals surface area contributed by atoms with Crippen LogP contribution in [0.25, 0.3) is 0 Å². The Hall–Kier alpha value is -2.37. The predicted molar refractivity (Wildman–Crippen MR) is 130 cm³/mol. The summed E-state index contributed by atoms with van der Waals surface area (Å²) < 4.78 is 5.59. The second kappa shape index (κ2) is 8.77. The van der Waals surface area contributed by atoms with Gasteiger partial charge in [0, 0.05) is 42.8 Å². The number of carbonyl (C=O) groups is 1. The van der Waals surface area contributed by atoms with Crippen LogP contribution < -0.4 is 10.1 Å². The summed E-state index contributed by atoms with van der Waals surface area (Å²) in [5, 5.41) is 3.91. The molecule has 0 aromatic heterocycles. The van der Waals surface area contributed by atoms with Crippen molar-refractivity contribution in [1.82, 2.24) is 15.1 Å².